The molecule has 29 heavy (non-hydrogen) atoms. The van der Waals surface area contributed by atoms with Gasteiger partial charge in [-0.05, 0) is 48.7 Å². The maximum Gasteiger partial charge on any atom is 0.251 e. The summed E-state index contributed by atoms with van der Waals surface area (Å²) in [6.45, 7) is 4.91. The quantitative estimate of drug-likeness (QED) is 0.603. The van der Waals surface area contributed by atoms with Crippen molar-refractivity contribution in [1.82, 2.24) is 9.62 Å². The normalized spacial score (nSPS) is 11.5. The van der Waals surface area contributed by atoms with Gasteiger partial charge in [0.1, 0.15) is 0 Å². The lowest BCUT2D eigenvalue weighted by Crippen LogP contribution is -2.31. The number of anilines is 1. The summed E-state index contributed by atoms with van der Waals surface area (Å²) < 4.78 is 26.7. The zero-order valence-corrected chi connectivity index (χ0v) is 18.5. The number of benzene rings is 2. The average Bonchev–Trinajstić information content (AvgIpc) is 2.72. The van der Waals surface area contributed by atoms with Gasteiger partial charge in [0, 0.05) is 45.0 Å². The van der Waals surface area contributed by atoms with Gasteiger partial charge in [-0.1, -0.05) is 32.0 Å². The topological polar surface area (TPSA) is 69.7 Å². The van der Waals surface area contributed by atoms with Crippen LogP contribution in [0.4, 0.5) is 5.69 Å². The molecule has 0 radical (unpaired) electrons. The zero-order valence-electron chi connectivity index (χ0n) is 17.7. The van der Waals surface area contributed by atoms with E-state index in [-0.39, 0.29) is 10.8 Å². The molecule has 2 aromatic carbocycles. The van der Waals surface area contributed by atoms with Gasteiger partial charge in [-0.25, -0.2) is 8.42 Å². The molecule has 0 aromatic heterocycles. The zero-order chi connectivity index (χ0) is 21.4. The van der Waals surface area contributed by atoms with Crippen molar-refractivity contribution in [3.63, 3.8) is 0 Å². The first kappa shape index (κ1) is 22.9. The molecule has 0 saturated heterocycles. The van der Waals surface area contributed by atoms with Crippen LogP contribution in [-0.2, 0) is 16.4 Å². The minimum absolute atomic E-state index is 0.148. The highest BCUT2D eigenvalue weighted by molar-refractivity contribution is 7.89. The molecule has 0 unspecified atom stereocenters. The minimum Gasteiger partial charge on any atom is -0.378 e. The summed E-state index contributed by atoms with van der Waals surface area (Å²) in [6.07, 6.45) is 1.68. The van der Waals surface area contributed by atoms with Gasteiger partial charge in [-0.3, -0.25) is 4.79 Å². The molecule has 2 rings (SSSR count). The summed E-state index contributed by atoms with van der Waals surface area (Å²) in [7, 11) is 0.435. The molecule has 1 N–H and O–H groups in total. The van der Waals surface area contributed by atoms with E-state index < -0.39 is 10.0 Å². The maximum absolute atomic E-state index is 12.6. The lowest BCUT2D eigenvalue weighted by Gasteiger charge is -2.18. The van der Waals surface area contributed by atoms with Gasteiger partial charge in [0.15, 0.2) is 0 Å². The average molecular weight is 418 g/mol. The maximum atomic E-state index is 12.6. The first-order valence-electron chi connectivity index (χ1n) is 9.94. The van der Waals surface area contributed by atoms with E-state index in [1.807, 2.05) is 14.1 Å². The summed E-state index contributed by atoms with van der Waals surface area (Å²) in [5, 5.41) is 2.88. The van der Waals surface area contributed by atoms with Crippen LogP contribution in [-0.4, -0.2) is 52.4 Å². The monoisotopic (exact) mass is 417 g/mol. The second-order valence-corrected chi connectivity index (χ2v) is 8.98. The predicted octanol–water partition coefficient (Wildman–Crippen LogP) is 3.15. The van der Waals surface area contributed by atoms with E-state index in [2.05, 4.69) is 34.5 Å². The number of nitrogens with one attached hydrogen (secondary N) is 1. The minimum atomic E-state index is -3.58. The van der Waals surface area contributed by atoms with Crippen LogP contribution in [0.2, 0.25) is 0 Å². The summed E-state index contributed by atoms with van der Waals surface area (Å²) in [5.41, 5.74) is 2.73. The van der Waals surface area contributed by atoms with E-state index in [4.69, 9.17) is 0 Å². The third kappa shape index (κ3) is 6.05. The summed E-state index contributed by atoms with van der Waals surface area (Å²) in [4.78, 5) is 14.6. The van der Waals surface area contributed by atoms with Crippen molar-refractivity contribution < 1.29 is 13.2 Å². The Morgan fingerprint density at radius 2 is 1.66 bits per heavy atom. The van der Waals surface area contributed by atoms with Crippen LogP contribution >= 0.6 is 0 Å². The number of hydrogen-bond donors (Lipinski definition) is 1. The highest BCUT2D eigenvalue weighted by atomic mass is 32.2. The lowest BCUT2D eigenvalue weighted by molar-refractivity contribution is 0.0953. The van der Waals surface area contributed by atoms with Crippen molar-refractivity contribution in [2.45, 2.75) is 31.6 Å². The number of hydrogen-bond acceptors (Lipinski definition) is 4. The van der Waals surface area contributed by atoms with Crippen molar-refractivity contribution in [1.29, 1.82) is 0 Å². The fourth-order valence-corrected chi connectivity index (χ4v) is 4.57. The lowest BCUT2D eigenvalue weighted by atomic mass is 10.1. The van der Waals surface area contributed by atoms with Crippen LogP contribution < -0.4 is 10.2 Å². The summed E-state index contributed by atoms with van der Waals surface area (Å²) >= 11 is 0. The summed E-state index contributed by atoms with van der Waals surface area (Å²) in [5.74, 6) is -0.260. The third-order valence-electron chi connectivity index (χ3n) is 4.82. The van der Waals surface area contributed by atoms with E-state index in [9.17, 15) is 13.2 Å². The Morgan fingerprint density at radius 1 is 1.00 bits per heavy atom. The smallest absolute Gasteiger partial charge is 0.251 e. The molecule has 0 atom stereocenters. The van der Waals surface area contributed by atoms with Gasteiger partial charge < -0.3 is 10.2 Å². The van der Waals surface area contributed by atoms with Crippen LogP contribution in [0.3, 0.4) is 0 Å². The van der Waals surface area contributed by atoms with Gasteiger partial charge in [-0.2, -0.15) is 4.31 Å². The number of amides is 1. The molecule has 0 bridgehead atoms. The van der Waals surface area contributed by atoms with E-state index in [0.717, 1.165) is 18.5 Å². The molecule has 1 amide bonds. The molecule has 0 aliphatic heterocycles. The fourth-order valence-electron chi connectivity index (χ4n) is 3.07. The molecule has 0 fully saturated rings. The van der Waals surface area contributed by atoms with E-state index in [0.29, 0.717) is 25.2 Å². The molecular weight excluding hydrogens is 386 g/mol. The Hall–Kier alpha value is -2.38. The Morgan fingerprint density at radius 3 is 2.24 bits per heavy atom. The van der Waals surface area contributed by atoms with Gasteiger partial charge >= 0.3 is 0 Å². The first-order valence-corrected chi connectivity index (χ1v) is 11.4. The van der Waals surface area contributed by atoms with Crippen molar-refractivity contribution in [3.05, 3.63) is 59.7 Å². The number of sulfonamides is 1. The van der Waals surface area contributed by atoms with E-state index in [1.54, 1.807) is 26.0 Å². The van der Waals surface area contributed by atoms with Gasteiger partial charge in [0.25, 0.3) is 5.91 Å². The van der Waals surface area contributed by atoms with Crippen molar-refractivity contribution in [2.75, 3.05) is 38.6 Å². The molecule has 2 aromatic rings. The molecule has 0 aliphatic rings. The molecule has 0 aliphatic carbocycles. The molecule has 7 heteroatoms. The highest BCUT2D eigenvalue weighted by Gasteiger charge is 2.22. The first-order chi connectivity index (χ1) is 13.8. The summed E-state index contributed by atoms with van der Waals surface area (Å²) in [6, 6.07) is 14.6. The number of nitrogens with zero attached hydrogens (tertiary/aromatic N) is 2. The van der Waals surface area contributed by atoms with E-state index >= 15 is 0 Å². The van der Waals surface area contributed by atoms with Crippen molar-refractivity contribution >= 4 is 21.6 Å². The highest BCUT2D eigenvalue weighted by Crippen LogP contribution is 2.17. The molecule has 0 saturated carbocycles. The van der Waals surface area contributed by atoms with Crippen molar-refractivity contribution in [3.8, 4) is 0 Å². The van der Waals surface area contributed by atoms with Crippen LogP contribution in [0.5, 0.6) is 0 Å². The predicted molar refractivity (Wildman–Crippen MR) is 118 cm³/mol. The fraction of sp³-hybridized carbons (Fsp3) is 0.409. The Balaban J connectivity index is 1.92. The van der Waals surface area contributed by atoms with Crippen LogP contribution in [0.1, 0.15) is 36.2 Å². The second-order valence-electron chi connectivity index (χ2n) is 7.04. The number of rotatable bonds is 10. The number of carbonyl (C=O) groups is 1. The molecular formula is C22H31N3O3S. The molecule has 0 heterocycles. The SMILES string of the molecule is CCN(CC)S(=O)(=O)c1cccc(C(=O)NCCCc2ccc(N(C)C)cc2)c1. The molecule has 6 nitrogen and oxygen atoms in total. The second kappa shape index (κ2) is 10.4. The van der Waals surface area contributed by atoms with Gasteiger partial charge in [-0.15, -0.1) is 0 Å². The largest absolute Gasteiger partial charge is 0.378 e. The van der Waals surface area contributed by atoms with Crippen LogP contribution in [0, 0.1) is 0 Å². The third-order valence-corrected chi connectivity index (χ3v) is 6.87. The van der Waals surface area contributed by atoms with Crippen molar-refractivity contribution in [2.24, 2.45) is 0 Å². The number of carbonyl (C=O) groups excluding carboxylic acids is 1. The van der Waals surface area contributed by atoms with Gasteiger partial charge in [0.05, 0.1) is 4.90 Å². The van der Waals surface area contributed by atoms with Crippen LogP contribution in [0.15, 0.2) is 53.4 Å². The number of aryl methyl sites for hydroxylation is 1. The van der Waals surface area contributed by atoms with Gasteiger partial charge in [0.2, 0.25) is 10.0 Å². The standard InChI is InChI=1S/C22H31N3O3S/c1-5-25(6-2)29(27,28)21-11-7-10-19(17-21)22(26)23-16-8-9-18-12-14-20(15-13-18)24(3)4/h7,10-15,17H,5-6,8-9,16H2,1-4H3,(H,23,26). The Kier molecular flexibility index (Phi) is 8.22. The Labute approximate surface area is 174 Å². The Bertz CT molecular complexity index is 905. The molecule has 158 valence electrons. The molecule has 0 spiro atoms. The van der Waals surface area contributed by atoms with E-state index in [1.165, 1.54) is 22.0 Å². The van der Waals surface area contributed by atoms with Crippen LogP contribution in [0.25, 0.3) is 0 Å².